The minimum atomic E-state index is -0.951. The van der Waals surface area contributed by atoms with Crippen LogP contribution in [0.5, 0.6) is 0 Å². The summed E-state index contributed by atoms with van der Waals surface area (Å²) in [5.41, 5.74) is 3.51. The van der Waals surface area contributed by atoms with Gasteiger partial charge in [0.25, 0.3) is 0 Å². The van der Waals surface area contributed by atoms with E-state index in [1.54, 1.807) is 0 Å². The summed E-state index contributed by atoms with van der Waals surface area (Å²) in [7, 11) is 0. The number of rotatable bonds is 3. The number of fused-ring (bicyclic) bond motifs is 1. The van der Waals surface area contributed by atoms with Crippen molar-refractivity contribution in [1.29, 1.82) is 0 Å². The first-order chi connectivity index (χ1) is 11.5. The number of pyridine rings is 1. The number of nitrogens with zero attached hydrogens (tertiary/aromatic N) is 2. The third-order valence-electron chi connectivity index (χ3n) is 4.28. The van der Waals surface area contributed by atoms with Gasteiger partial charge in [-0.05, 0) is 25.0 Å². The van der Waals surface area contributed by atoms with Crippen molar-refractivity contribution in [3.63, 3.8) is 0 Å². The van der Waals surface area contributed by atoms with Gasteiger partial charge in [0.1, 0.15) is 21.5 Å². The van der Waals surface area contributed by atoms with Crippen LogP contribution in [0, 0.1) is 12.8 Å². The van der Waals surface area contributed by atoms with Gasteiger partial charge < -0.3 is 5.32 Å². The summed E-state index contributed by atoms with van der Waals surface area (Å²) in [6, 6.07) is 13.7. The Bertz CT molecular complexity index is 934. The molecule has 6 heteroatoms. The monoisotopic (exact) mass is 359 g/mol. The van der Waals surface area contributed by atoms with Crippen molar-refractivity contribution in [2.45, 2.75) is 17.7 Å². The fourth-order valence-electron chi connectivity index (χ4n) is 2.82. The topological polar surface area (TPSA) is 46.4 Å². The van der Waals surface area contributed by atoms with E-state index in [1.165, 1.54) is 0 Å². The molecule has 1 aromatic carbocycles. The third kappa shape index (κ3) is 2.56. The van der Waals surface area contributed by atoms with Crippen molar-refractivity contribution in [3.05, 3.63) is 54.2 Å². The highest BCUT2D eigenvalue weighted by Crippen LogP contribution is 2.53. The Morgan fingerprint density at radius 3 is 2.62 bits per heavy atom. The van der Waals surface area contributed by atoms with Gasteiger partial charge in [0.05, 0.1) is 5.92 Å². The average Bonchev–Trinajstić information content (AvgIpc) is 3.05. The molecule has 1 amide bonds. The maximum absolute atomic E-state index is 12.5. The van der Waals surface area contributed by atoms with Gasteiger partial charge in [-0.1, -0.05) is 36.4 Å². The molecule has 122 valence electrons. The molecule has 1 aliphatic carbocycles. The Hall–Kier alpha value is -2.04. The standard InChI is InChI=1S/C18H15Cl2N3O/c1-11-6-5-9-23-15(11)21-14(12-7-3-2-4-8-12)16(23)22-17(24)13-10-18(13,19)20/h2-9,13H,10H2,1H3,(H,22,24). The first-order valence-electron chi connectivity index (χ1n) is 7.69. The van der Waals surface area contributed by atoms with Crippen LogP contribution in [0.2, 0.25) is 0 Å². The van der Waals surface area contributed by atoms with Crippen molar-refractivity contribution in [3.8, 4) is 11.3 Å². The van der Waals surface area contributed by atoms with Crippen molar-refractivity contribution >= 4 is 40.6 Å². The van der Waals surface area contributed by atoms with Gasteiger partial charge in [-0.3, -0.25) is 9.20 Å². The number of anilines is 1. The fraction of sp³-hybridized carbons (Fsp3) is 0.222. The molecule has 0 radical (unpaired) electrons. The molecule has 4 rings (SSSR count). The Kier molecular flexibility index (Phi) is 3.55. The first-order valence-corrected chi connectivity index (χ1v) is 8.45. The lowest BCUT2D eigenvalue weighted by Crippen LogP contribution is -2.18. The Morgan fingerprint density at radius 1 is 1.25 bits per heavy atom. The van der Waals surface area contributed by atoms with Gasteiger partial charge >= 0.3 is 0 Å². The largest absolute Gasteiger partial charge is 0.310 e. The lowest BCUT2D eigenvalue weighted by atomic mass is 10.1. The van der Waals surface area contributed by atoms with Crippen LogP contribution in [0.25, 0.3) is 16.9 Å². The summed E-state index contributed by atoms with van der Waals surface area (Å²) in [4.78, 5) is 17.2. The van der Waals surface area contributed by atoms with Crippen LogP contribution in [0.3, 0.4) is 0 Å². The molecule has 2 heterocycles. The number of carbonyl (C=O) groups is 1. The zero-order valence-corrected chi connectivity index (χ0v) is 14.5. The van der Waals surface area contributed by atoms with Crippen molar-refractivity contribution in [1.82, 2.24) is 9.38 Å². The molecule has 1 fully saturated rings. The van der Waals surface area contributed by atoms with Crippen LogP contribution in [0.15, 0.2) is 48.7 Å². The number of carbonyl (C=O) groups excluding carboxylic acids is 1. The molecule has 1 unspecified atom stereocenters. The Morgan fingerprint density at radius 2 is 1.96 bits per heavy atom. The van der Waals surface area contributed by atoms with Crippen LogP contribution in [-0.4, -0.2) is 19.6 Å². The number of aromatic nitrogens is 2. The molecule has 0 bridgehead atoms. The van der Waals surface area contributed by atoms with Crippen LogP contribution in [0.4, 0.5) is 5.82 Å². The van der Waals surface area contributed by atoms with Crippen LogP contribution in [-0.2, 0) is 4.79 Å². The zero-order chi connectivity index (χ0) is 16.9. The Balaban J connectivity index is 1.83. The molecule has 2 aromatic heterocycles. The van der Waals surface area contributed by atoms with Gasteiger partial charge in [-0.2, -0.15) is 0 Å². The van der Waals surface area contributed by atoms with E-state index in [1.807, 2.05) is 60.0 Å². The van der Waals surface area contributed by atoms with E-state index in [4.69, 9.17) is 28.2 Å². The van der Waals surface area contributed by atoms with E-state index < -0.39 is 4.33 Å². The Labute approximate surface area is 149 Å². The maximum Gasteiger partial charge on any atom is 0.231 e. The molecule has 3 aromatic rings. The van der Waals surface area contributed by atoms with Crippen molar-refractivity contribution in [2.24, 2.45) is 5.92 Å². The second kappa shape index (κ2) is 5.50. The highest BCUT2D eigenvalue weighted by atomic mass is 35.5. The molecular weight excluding hydrogens is 345 g/mol. The number of alkyl halides is 2. The second-order valence-electron chi connectivity index (χ2n) is 6.07. The van der Waals surface area contributed by atoms with Crippen LogP contribution >= 0.6 is 23.2 Å². The predicted molar refractivity (Wildman–Crippen MR) is 96.5 cm³/mol. The van der Waals surface area contributed by atoms with E-state index in [0.29, 0.717) is 12.2 Å². The quantitative estimate of drug-likeness (QED) is 0.702. The minimum absolute atomic E-state index is 0.180. The number of benzene rings is 1. The first kappa shape index (κ1) is 15.5. The fourth-order valence-corrected chi connectivity index (χ4v) is 3.33. The normalized spacial score (nSPS) is 18.5. The number of imidazole rings is 1. The number of aryl methyl sites for hydroxylation is 1. The molecule has 1 atom stereocenters. The number of nitrogens with one attached hydrogen (secondary N) is 1. The molecule has 4 nitrogen and oxygen atoms in total. The van der Waals surface area contributed by atoms with Gasteiger partial charge in [-0.25, -0.2) is 4.98 Å². The summed E-state index contributed by atoms with van der Waals surface area (Å²) in [6.45, 7) is 1.99. The number of hydrogen-bond acceptors (Lipinski definition) is 2. The molecule has 1 N–H and O–H groups in total. The average molecular weight is 360 g/mol. The number of amides is 1. The summed E-state index contributed by atoms with van der Waals surface area (Å²) < 4.78 is 0.940. The summed E-state index contributed by atoms with van der Waals surface area (Å²) in [6.07, 6.45) is 2.36. The smallest absolute Gasteiger partial charge is 0.231 e. The van der Waals surface area contributed by atoms with E-state index in [2.05, 4.69) is 5.32 Å². The van der Waals surface area contributed by atoms with E-state index in [0.717, 1.165) is 22.5 Å². The van der Waals surface area contributed by atoms with Crippen molar-refractivity contribution < 1.29 is 4.79 Å². The second-order valence-corrected chi connectivity index (χ2v) is 7.61. The molecule has 1 saturated carbocycles. The lowest BCUT2D eigenvalue weighted by molar-refractivity contribution is -0.117. The van der Waals surface area contributed by atoms with Gasteiger partial charge in [0, 0.05) is 11.8 Å². The third-order valence-corrected chi connectivity index (χ3v) is 5.11. The zero-order valence-electron chi connectivity index (χ0n) is 13.0. The SMILES string of the molecule is Cc1cccn2c(NC(=O)C3CC3(Cl)Cl)c(-c3ccccc3)nc12. The van der Waals surface area contributed by atoms with E-state index >= 15 is 0 Å². The maximum atomic E-state index is 12.5. The van der Waals surface area contributed by atoms with E-state index in [-0.39, 0.29) is 11.8 Å². The number of hydrogen-bond donors (Lipinski definition) is 1. The molecule has 1 aliphatic rings. The summed E-state index contributed by atoms with van der Waals surface area (Å²) >= 11 is 12.0. The highest BCUT2D eigenvalue weighted by Gasteiger charge is 2.56. The van der Waals surface area contributed by atoms with Crippen LogP contribution in [0.1, 0.15) is 12.0 Å². The minimum Gasteiger partial charge on any atom is -0.310 e. The molecule has 0 saturated heterocycles. The number of halogens is 2. The molecular formula is C18H15Cl2N3O. The van der Waals surface area contributed by atoms with Gasteiger partial charge in [-0.15, -0.1) is 23.2 Å². The van der Waals surface area contributed by atoms with Crippen LogP contribution < -0.4 is 5.32 Å². The molecule has 0 spiro atoms. The highest BCUT2D eigenvalue weighted by molar-refractivity contribution is 6.52. The van der Waals surface area contributed by atoms with Crippen molar-refractivity contribution in [2.75, 3.05) is 5.32 Å². The van der Waals surface area contributed by atoms with Gasteiger partial charge in [0.15, 0.2) is 0 Å². The summed E-state index contributed by atoms with van der Waals surface area (Å²) in [5, 5.41) is 2.97. The molecule has 0 aliphatic heterocycles. The lowest BCUT2D eigenvalue weighted by Gasteiger charge is -2.08. The summed E-state index contributed by atoms with van der Waals surface area (Å²) in [5.74, 6) is 0.0706. The van der Waals surface area contributed by atoms with E-state index in [9.17, 15) is 4.79 Å². The van der Waals surface area contributed by atoms with Gasteiger partial charge in [0.2, 0.25) is 5.91 Å². The molecule has 24 heavy (non-hydrogen) atoms. The predicted octanol–water partition coefficient (Wildman–Crippen LogP) is 4.44.